The molecule has 0 aliphatic heterocycles. The highest BCUT2D eigenvalue weighted by Crippen LogP contribution is 2.18. The predicted molar refractivity (Wildman–Crippen MR) is 51.5 cm³/mol. The number of nitrogens with zero attached hydrogens (tertiary/aromatic N) is 2. The Kier molecular flexibility index (Phi) is 2.53. The first kappa shape index (κ1) is 9.51. The van der Waals surface area contributed by atoms with Crippen LogP contribution in [0.2, 0.25) is 0 Å². The van der Waals surface area contributed by atoms with Gasteiger partial charge in [0.2, 0.25) is 5.89 Å². The smallest absolute Gasteiger partial charge is 0.253 e. The fourth-order valence-electron chi connectivity index (χ4n) is 1.11. The van der Waals surface area contributed by atoms with Crippen molar-refractivity contribution in [3.8, 4) is 11.5 Å². The summed E-state index contributed by atoms with van der Waals surface area (Å²) in [7, 11) is 0. The van der Waals surface area contributed by atoms with Gasteiger partial charge in [0.1, 0.15) is 11.5 Å². The molecule has 1 heterocycles. The van der Waals surface area contributed by atoms with Gasteiger partial charge in [-0.2, -0.15) is 0 Å². The van der Waals surface area contributed by atoms with Crippen LogP contribution in [0.4, 0.5) is 0 Å². The summed E-state index contributed by atoms with van der Waals surface area (Å²) >= 11 is 0. The minimum Gasteiger partial charge on any atom is -0.508 e. The Bertz CT molecular complexity index is 453. The molecule has 78 valence electrons. The van der Waals surface area contributed by atoms with Gasteiger partial charge in [-0.25, -0.2) is 0 Å². The van der Waals surface area contributed by atoms with Gasteiger partial charge in [0.25, 0.3) is 5.89 Å². The molecule has 0 saturated heterocycles. The molecule has 0 radical (unpaired) electrons. The SMILES string of the molecule is Cc1nnc(COc2cccc(O)c2)o1. The molecule has 0 aliphatic rings. The van der Waals surface area contributed by atoms with E-state index in [-0.39, 0.29) is 12.4 Å². The Morgan fingerprint density at radius 3 is 2.93 bits per heavy atom. The number of hydrogen-bond donors (Lipinski definition) is 1. The summed E-state index contributed by atoms with van der Waals surface area (Å²) < 4.78 is 10.5. The summed E-state index contributed by atoms with van der Waals surface area (Å²) in [6.45, 7) is 1.91. The first-order valence-electron chi connectivity index (χ1n) is 4.45. The van der Waals surface area contributed by atoms with Crippen LogP contribution in [0.1, 0.15) is 11.8 Å². The molecule has 0 atom stereocenters. The Labute approximate surface area is 86.3 Å². The van der Waals surface area contributed by atoms with E-state index < -0.39 is 0 Å². The largest absolute Gasteiger partial charge is 0.508 e. The monoisotopic (exact) mass is 206 g/mol. The number of phenols is 1. The van der Waals surface area contributed by atoms with Gasteiger partial charge in [0.05, 0.1) is 0 Å². The third kappa shape index (κ3) is 2.46. The lowest BCUT2D eigenvalue weighted by Crippen LogP contribution is -1.95. The van der Waals surface area contributed by atoms with E-state index in [1.165, 1.54) is 6.07 Å². The van der Waals surface area contributed by atoms with E-state index in [2.05, 4.69) is 10.2 Å². The molecular weight excluding hydrogens is 196 g/mol. The molecule has 0 saturated carbocycles. The summed E-state index contributed by atoms with van der Waals surface area (Å²) in [5.74, 6) is 1.64. The summed E-state index contributed by atoms with van der Waals surface area (Å²) in [4.78, 5) is 0. The molecule has 15 heavy (non-hydrogen) atoms. The van der Waals surface area contributed by atoms with Crippen LogP contribution in [-0.2, 0) is 6.61 Å². The summed E-state index contributed by atoms with van der Waals surface area (Å²) in [5, 5.41) is 16.6. The van der Waals surface area contributed by atoms with Crippen molar-refractivity contribution in [2.45, 2.75) is 13.5 Å². The quantitative estimate of drug-likeness (QED) is 0.827. The molecule has 0 bridgehead atoms. The van der Waals surface area contributed by atoms with Crippen LogP contribution in [0.15, 0.2) is 28.7 Å². The Hall–Kier alpha value is -2.04. The van der Waals surface area contributed by atoms with Crippen LogP contribution < -0.4 is 4.74 Å². The van der Waals surface area contributed by atoms with Crippen molar-refractivity contribution in [3.63, 3.8) is 0 Å². The average Bonchev–Trinajstić information content (AvgIpc) is 2.62. The van der Waals surface area contributed by atoms with E-state index in [9.17, 15) is 5.11 Å². The van der Waals surface area contributed by atoms with Crippen LogP contribution in [0, 0.1) is 6.92 Å². The van der Waals surface area contributed by atoms with Crippen LogP contribution in [0.5, 0.6) is 11.5 Å². The van der Waals surface area contributed by atoms with E-state index in [1.54, 1.807) is 25.1 Å². The van der Waals surface area contributed by atoms with Crippen molar-refractivity contribution in [1.29, 1.82) is 0 Å². The molecule has 1 N–H and O–H groups in total. The normalized spacial score (nSPS) is 10.2. The number of phenolic OH excluding ortho intramolecular Hbond substituents is 1. The molecule has 0 aliphatic carbocycles. The van der Waals surface area contributed by atoms with E-state index in [4.69, 9.17) is 9.15 Å². The minimum absolute atomic E-state index is 0.161. The van der Waals surface area contributed by atoms with Crippen LogP contribution in [0.25, 0.3) is 0 Å². The third-order valence-corrected chi connectivity index (χ3v) is 1.75. The average molecular weight is 206 g/mol. The molecule has 0 spiro atoms. The van der Waals surface area contributed by atoms with Crippen LogP contribution in [-0.4, -0.2) is 15.3 Å². The number of benzene rings is 1. The molecule has 1 aromatic carbocycles. The molecule has 5 heteroatoms. The van der Waals surface area contributed by atoms with Crippen molar-refractivity contribution < 1.29 is 14.3 Å². The first-order chi connectivity index (χ1) is 7.24. The van der Waals surface area contributed by atoms with Gasteiger partial charge < -0.3 is 14.3 Å². The van der Waals surface area contributed by atoms with E-state index >= 15 is 0 Å². The summed E-state index contributed by atoms with van der Waals surface area (Å²) in [6, 6.07) is 6.53. The number of aryl methyl sites for hydroxylation is 1. The van der Waals surface area contributed by atoms with Gasteiger partial charge in [-0.05, 0) is 12.1 Å². The highest BCUT2D eigenvalue weighted by atomic mass is 16.5. The molecular formula is C10H10N2O3. The number of rotatable bonds is 3. The van der Waals surface area contributed by atoms with Crippen molar-refractivity contribution in [1.82, 2.24) is 10.2 Å². The number of aromatic nitrogens is 2. The van der Waals surface area contributed by atoms with Gasteiger partial charge in [-0.15, -0.1) is 10.2 Å². The van der Waals surface area contributed by atoms with E-state index in [0.29, 0.717) is 17.5 Å². The summed E-state index contributed by atoms with van der Waals surface area (Å²) in [6.07, 6.45) is 0. The lowest BCUT2D eigenvalue weighted by atomic mass is 10.3. The molecule has 0 unspecified atom stereocenters. The summed E-state index contributed by atoms with van der Waals surface area (Å²) in [5.41, 5.74) is 0. The van der Waals surface area contributed by atoms with Gasteiger partial charge >= 0.3 is 0 Å². The maximum Gasteiger partial charge on any atom is 0.253 e. The van der Waals surface area contributed by atoms with Crippen LogP contribution >= 0.6 is 0 Å². The number of ether oxygens (including phenoxy) is 1. The minimum atomic E-state index is 0.161. The number of aromatic hydroxyl groups is 1. The molecule has 2 aromatic rings. The van der Waals surface area contributed by atoms with Crippen molar-refractivity contribution in [2.75, 3.05) is 0 Å². The lowest BCUT2D eigenvalue weighted by molar-refractivity contribution is 0.259. The van der Waals surface area contributed by atoms with Gasteiger partial charge in [-0.1, -0.05) is 6.07 Å². The Morgan fingerprint density at radius 1 is 1.40 bits per heavy atom. The molecule has 1 aromatic heterocycles. The fraction of sp³-hybridized carbons (Fsp3) is 0.200. The Balaban J connectivity index is 1.99. The zero-order valence-corrected chi connectivity index (χ0v) is 8.17. The standard InChI is InChI=1S/C10H10N2O3/c1-7-11-12-10(15-7)6-14-9-4-2-3-8(13)5-9/h2-5,13H,6H2,1H3. The molecule has 0 amide bonds. The zero-order chi connectivity index (χ0) is 10.7. The number of hydrogen-bond acceptors (Lipinski definition) is 5. The van der Waals surface area contributed by atoms with Crippen molar-refractivity contribution >= 4 is 0 Å². The zero-order valence-electron chi connectivity index (χ0n) is 8.17. The van der Waals surface area contributed by atoms with E-state index in [1.807, 2.05) is 0 Å². The van der Waals surface area contributed by atoms with Crippen LogP contribution in [0.3, 0.4) is 0 Å². The molecule has 0 fully saturated rings. The highest BCUT2D eigenvalue weighted by Gasteiger charge is 2.03. The second-order valence-electron chi connectivity index (χ2n) is 3.00. The lowest BCUT2D eigenvalue weighted by Gasteiger charge is -2.02. The van der Waals surface area contributed by atoms with Gasteiger partial charge in [0.15, 0.2) is 6.61 Å². The van der Waals surface area contributed by atoms with E-state index in [0.717, 1.165) is 0 Å². The van der Waals surface area contributed by atoms with Crippen molar-refractivity contribution in [2.24, 2.45) is 0 Å². The molecule has 5 nitrogen and oxygen atoms in total. The second kappa shape index (κ2) is 4.00. The van der Waals surface area contributed by atoms with Crippen molar-refractivity contribution in [3.05, 3.63) is 36.0 Å². The molecule has 2 rings (SSSR count). The second-order valence-corrected chi connectivity index (χ2v) is 3.00. The predicted octanol–water partition coefficient (Wildman–Crippen LogP) is 1.66. The third-order valence-electron chi connectivity index (χ3n) is 1.75. The maximum atomic E-state index is 9.18. The first-order valence-corrected chi connectivity index (χ1v) is 4.45. The maximum absolute atomic E-state index is 9.18. The Morgan fingerprint density at radius 2 is 2.27 bits per heavy atom. The fourth-order valence-corrected chi connectivity index (χ4v) is 1.11. The van der Waals surface area contributed by atoms with Gasteiger partial charge in [0, 0.05) is 13.0 Å². The van der Waals surface area contributed by atoms with Gasteiger partial charge in [-0.3, -0.25) is 0 Å². The highest BCUT2D eigenvalue weighted by molar-refractivity contribution is 5.31. The topological polar surface area (TPSA) is 68.4 Å².